The number of aryl methyl sites for hydroxylation is 1. The highest BCUT2D eigenvalue weighted by Gasteiger charge is 2.27. The molecule has 0 saturated heterocycles. The van der Waals surface area contributed by atoms with Crippen LogP contribution in [-0.4, -0.2) is 28.5 Å². The molecule has 0 radical (unpaired) electrons. The summed E-state index contributed by atoms with van der Waals surface area (Å²) in [5, 5.41) is 2.90. The summed E-state index contributed by atoms with van der Waals surface area (Å²) in [7, 11) is -1.02. The van der Waals surface area contributed by atoms with E-state index in [2.05, 4.69) is 5.32 Å². The Labute approximate surface area is 181 Å². The van der Waals surface area contributed by atoms with Crippen molar-refractivity contribution in [2.75, 3.05) is 23.8 Å². The van der Waals surface area contributed by atoms with E-state index in [1.807, 2.05) is 6.92 Å². The van der Waals surface area contributed by atoms with Crippen LogP contribution in [0, 0.1) is 6.92 Å². The van der Waals surface area contributed by atoms with Crippen molar-refractivity contribution in [3.8, 4) is 5.75 Å². The Balaban J connectivity index is 1.94. The third-order valence-electron chi connectivity index (χ3n) is 4.56. The zero-order chi connectivity index (χ0) is 21.9. The quantitative estimate of drug-likeness (QED) is 0.596. The molecule has 0 aliphatic carbocycles. The topological polar surface area (TPSA) is 75.7 Å². The van der Waals surface area contributed by atoms with Gasteiger partial charge in [0.15, 0.2) is 0 Å². The molecular formula is C22H21ClN2O4S. The number of hydrogen-bond acceptors (Lipinski definition) is 4. The van der Waals surface area contributed by atoms with E-state index in [-0.39, 0.29) is 21.2 Å². The molecule has 0 aliphatic rings. The summed E-state index contributed by atoms with van der Waals surface area (Å²) >= 11 is 6.18. The van der Waals surface area contributed by atoms with Gasteiger partial charge in [-0.1, -0.05) is 29.8 Å². The second-order valence-electron chi connectivity index (χ2n) is 6.61. The molecule has 0 saturated carbocycles. The Bertz CT molecular complexity index is 1180. The van der Waals surface area contributed by atoms with Crippen molar-refractivity contribution in [1.82, 2.24) is 0 Å². The first-order chi connectivity index (χ1) is 14.2. The van der Waals surface area contributed by atoms with Gasteiger partial charge in [-0.05, 0) is 61.0 Å². The SMILES string of the molecule is COc1ccc(NC(=O)c2ccccc2N(C)S(=O)(=O)c2ccc(C)cc2Cl)cc1. The highest BCUT2D eigenvalue weighted by atomic mass is 35.5. The van der Waals surface area contributed by atoms with Crippen molar-refractivity contribution < 1.29 is 17.9 Å². The Kier molecular flexibility index (Phi) is 6.34. The molecule has 30 heavy (non-hydrogen) atoms. The predicted octanol–water partition coefficient (Wildman–Crippen LogP) is 4.73. The third kappa shape index (κ3) is 4.42. The minimum Gasteiger partial charge on any atom is -0.497 e. The first-order valence-corrected chi connectivity index (χ1v) is 10.9. The lowest BCUT2D eigenvalue weighted by Crippen LogP contribution is -2.29. The Hall–Kier alpha value is -3.03. The molecule has 0 aromatic heterocycles. The highest BCUT2D eigenvalue weighted by Crippen LogP contribution is 2.30. The molecule has 3 aromatic rings. The number of hydrogen-bond donors (Lipinski definition) is 1. The first kappa shape index (κ1) is 21.7. The number of para-hydroxylation sites is 1. The standard InChI is InChI=1S/C22H21ClN2O4S/c1-15-8-13-21(19(23)14-15)30(27,28)25(2)20-7-5-4-6-18(20)22(26)24-16-9-11-17(29-3)12-10-16/h4-14H,1-3H3,(H,24,26). The number of methoxy groups -OCH3 is 1. The number of nitrogens with one attached hydrogen (secondary N) is 1. The fourth-order valence-corrected chi connectivity index (χ4v) is 4.69. The number of carbonyl (C=O) groups is 1. The van der Waals surface area contributed by atoms with Crippen LogP contribution in [0.1, 0.15) is 15.9 Å². The monoisotopic (exact) mass is 444 g/mol. The smallest absolute Gasteiger partial charge is 0.265 e. The van der Waals surface area contributed by atoms with Gasteiger partial charge in [-0.2, -0.15) is 0 Å². The van der Waals surface area contributed by atoms with Crippen molar-refractivity contribution in [3.05, 3.63) is 82.9 Å². The maximum Gasteiger partial charge on any atom is 0.265 e. The average Bonchev–Trinajstić information content (AvgIpc) is 2.73. The van der Waals surface area contributed by atoms with Gasteiger partial charge in [-0.3, -0.25) is 9.10 Å². The summed E-state index contributed by atoms with van der Waals surface area (Å²) in [6.45, 7) is 1.82. The second-order valence-corrected chi connectivity index (χ2v) is 8.95. The van der Waals surface area contributed by atoms with Gasteiger partial charge in [0.05, 0.1) is 23.4 Å². The second kappa shape index (κ2) is 8.77. The van der Waals surface area contributed by atoms with Crippen LogP contribution in [0.5, 0.6) is 5.75 Å². The number of benzene rings is 3. The lowest BCUT2D eigenvalue weighted by atomic mass is 10.1. The molecule has 6 nitrogen and oxygen atoms in total. The van der Waals surface area contributed by atoms with E-state index in [9.17, 15) is 13.2 Å². The van der Waals surface area contributed by atoms with Crippen LogP contribution in [0.3, 0.4) is 0 Å². The zero-order valence-electron chi connectivity index (χ0n) is 16.7. The van der Waals surface area contributed by atoms with Crippen molar-refractivity contribution >= 4 is 38.9 Å². The van der Waals surface area contributed by atoms with E-state index >= 15 is 0 Å². The molecule has 1 amide bonds. The van der Waals surface area contributed by atoms with Gasteiger partial charge >= 0.3 is 0 Å². The summed E-state index contributed by atoms with van der Waals surface area (Å²) in [6, 6.07) is 18.0. The van der Waals surface area contributed by atoms with Gasteiger partial charge in [0.1, 0.15) is 10.6 Å². The van der Waals surface area contributed by atoms with Crippen LogP contribution >= 0.6 is 11.6 Å². The molecule has 3 rings (SSSR count). The number of amides is 1. The Morgan fingerprint density at radius 3 is 2.33 bits per heavy atom. The van der Waals surface area contributed by atoms with Crippen LogP contribution in [0.2, 0.25) is 5.02 Å². The number of nitrogens with zero attached hydrogens (tertiary/aromatic N) is 1. The number of anilines is 2. The summed E-state index contributed by atoms with van der Waals surface area (Å²) in [6.07, 6.45) is 0. The van der Waals surface area contributed by atoms with E-state index in [4.69, 9.17) is 16.3 Å². The minimum atomic E-state index is -3.97. The first-order valence-electron chi connectivity index (χ1n) is 9.03. The number of carbonyl (C=O) groups excluding carboxylic acids is 1. The molecule has 3 aromatic carbocycles. The molecule has 0 aliphatic heterocycles. The molecule has 0 atom stereocenters. The minimum absolute atomic E-state index is 0.0253. The predicted molar refractivity (Wildman–Crippen MR) is 119 cm³/mol. The fraction of sp³-hybridized carbons (Fsp3) is 0.136. The normalized spacial score (nSPS) is 11.1. The average molecular weight is 445 g/mol. The van der Waals surface area contributed by atoms with Crippen molar-refractivity contribution in [2.45, 2.75) is 11.8 Å². The molecule has 0 bridgehead atoms. The molecular weight excluding hydrogens is 424 g/mol. The summed E-state index contributed by atoms with van der Waals surface area (Å²) < 4.78 is 32.5. The maximum absolute atomic E-state index is 13.2. The molecule has 0 spiro atoms. The number of rotatable bonds is 6. The molecule has 8 heteroatoms. The van der Waals surface area contributed by atoms with Crippen molar-refractivity contribution in [2.24, 2.45) is 0 Å². The largest absolute Gasteiger partial charge is 0.497 e. The van der Waals surface area contributed by atoms with Crippen LogP contribution in [-0.2, 0) is 10.0 Å². The Morgan fingerprint density at radius 2 is 1.70 bits per heavy atom. The molecule has 1 N–H and O–H groups in total. The van der Waals surface area contributed by atoms with Crippen molar-refractivity contribution in [3.63, 3.8) is 0 Å². The summed E-state index contributed by atoms with van der Waals surface area (Å²) in [5.74, 6) is 0.224. The van der Waals surface area contributed by atoms with Crippen molar-refractivity contribution in [1.29, 1.82) is 0 Å². The van der Waals surface area contributed by atoms with Gasteiger partial charge in [-0.15, -0.1) is 0 Å². The van der Waals surface area contributed by atoms with Gasteiger partial charge < -0.3 is 10.1 Å². The van der Waals surface area contributed by atoms with E-state index < -0.39 is 15.9 Å². The molecule has 156 valence electrons. The maximum atomic E-state index is 13.2. The van der Waals surface area contributed by atoms with E-state index in [0.717, 1.165) is 9.87 Å². The highest BCUT2D eigenvalue weighted by molar-refractivity contribution is 7.93. The number of ether oxygens (including phenoxy) is 1. The number of halogens is 1. The van der Waals surface area contributed by atoms with Crippen LogP contribution in [0.15, 0.2) is 71.6 Å². The lowest BCUT2D eigenvalue weighted by Gasteiger charge is -2.22. The number of sulfonamides is 1. The Morgan fingerprint density at radius 1 is 1.03 bits per heavy atom. The molecule has 0 unspecified atom stereocenters. The van der Waals surface area contributed by atoms with E-state index in [0.29, 0.717) is 11.4 Å². The summed E-state index contributed by atoms with van der Waals surface area (Å²) in [4.78, 5) is 12.9. The van der Waals surface area contributed by atoms with Crippen LogP contribution in [0.25, 0.3) is 0 Å². The van der Waals surface area contributed by atoms with Crippen LogP contribution < -0.4 is 14.4 Å². The molecule has 0 heterocycles. The molecule has 0 fully saturated rings. The van der Waals surface area contributed by atoms with Gasteiger partial charge in [0.25, 0.3) is 15.9 Å². The zero-order valence-corrected chi connectivity index (χ0v) is 18.3. The van der Waals surface area contributed by atoms with E-state index in [1.54, 1.807) is 67.8 Å². The van der Waals surface area contributed by atoms with Gasteiger partial charge in [0, 0.05) is 12.7 Å². The van der Waals surface area contributed by atoms with Gasteiger partial charge in [0.2, 0.25) is 0 Å². The summed E-state index contributed by atoms with van der Waals surface area (Å²) in [5.41, 5.74) is 1.85. The lowest BCUT2D eigenvalue weighted by molar-refractivity contribution is 0.102. The third-order valence-corrected chi connectivity index (χ3v) is 6.82. The fourth-order valence-electron chi connectivity index (χ4n) is 2.91. The van der Waals surface area contributed by atoms with E-state index in [1.165, 1.54) is 13.1 Å². The van der Waals surface area contributed by atoms with Gasteiger partial charge in [-0.25, -0.2) is 8.42 Å². The van der Waals surface area contributed by atoms with Crippen LogP contribution in [0.4, 0.5) is 11.4 Å².